The highest BCUT2D eigenvalue weighted by molar-refractivity contribution is 5.94. The van der Waals surface area contributed by atoms with Crippen molar-refractivity contribution in [2.75, 3.05) is 19.5 Å². The number of pyridine rings is 1. The highest BCUT2D eigenvalue weighted by Gasteiger charge is 2.10. The van der Waals surface area contributed by atoms with Crippen LogP contribution in [0, 0.1) is 6.92 Å². The molecule has 1 aromatic heterocycles. The van der Waals surface area contributed by atoms with Crippen LogP contribution in [-0.4, -0.2) is 25.1 Å². The van der Waals surface area contributed by atoms with E-state index in [-0.39, 0.29) is 5.91 Å². The van der Waals surface area contributed by atoms with Gasteiger partial charge in [0, 0.05) is 24.4 Å². The third kappa shape index (κ3) is 4.79. The van der Waals surface area contributed by atoms with Crippen LogP contribution in [0.5, 0.6) is 11.5 Å². The minimum Gasteiger partial charge on any atom is -0.497 e. The van der Waals surface area contributed by atoms with Crippen molar-refractivity contribution >= 4 is 17.4 Å². The number of carbonyl (C=O) groups is 1. The van der Waals surface area contributed by atoms with E-state index in [4.69, 9.17) is 9.47 Å². The smallest absolute Gasteiger partial charge is 0.251 e. The van der Waals surface area contributed by atoms with E-state index in [0.717, 1.165) is 11.3 Å². The molecule has 0 saturated heterocycles. The summed E-state index contributed by atoms with van der Waals surface area (Å²) in [7, 11) is 3.18. The molecule has 0 aliphatic rings. The molecule has 6 nitrogen and oxygen atoms in total. The highest BCUT2D eigenvalue weighted by Crippen LogP contribution is 2.31. The van der Waals surface area contributed by atoms with Crippen molar-refractivity contribution in [3.05, 3.63) is 77.5 Å². The first kappa shape index (κ1) is 19.2. The Morgan fingerprint density at radius 1 is 1.00 bits per heavy atom. The van der Waals surface area contributed by atoms with Gasteiger partial charge in [0.1, 0.15) is 17.3 Å². The maximum absolute atomic E-state index is 12.5. The molecular weight excluding hydrogens is 354 g/mol. The van der Waals surface area contributed by atoms with Crippen molar-refractivity contribution in [1.29, 1.82) is 0 Å². The molecule has 1 amide bonds. The summed E-state index contributed by atoms with van der Waals surface area (Å²) in [5.41, 5.74) is 3.49. The molecule has 0 aliphatic carbocycles. The fourth-order valence-corrected chi connectivity index (χ4v) is 2.67. The van der Waals surface area contributed by atoms with Crippen LogP contribution in [0.2, 0.25) is 0 Å². The zero-order valence-electron chi connectivity index (χ0n) is 16.2. The van der Waals surface area contributed by atoms with Gasteiger partial charge in [-0.3, -0.25) is 4.79 Å². The molecule has 3 rings (SSSR count). The minimum absolute atomic E-state index is 0.160. The first-order valence-corrected chi connectivity index (χ1v) is 8.88. The summed E-state index contributed by atoms with van der Waals surface area (Å²) < 4.78 is 10.6. The van der Waals surface area contributed by atoms with E-state index in [1.165, 1.54) is 5.56 Å². The van der Waals surface area contributed by atoms with E-state index in [9.17, 15) is 4.79 Å². The molecule has 1 heterocycles. The van der Waals surface area contributed by atoms with Gasteiger partial charge in [-0.1, -0.05) is 29.8 Å². The molecular formula is C22H23N3O3. The SMILES string of the molecule is COc1ccc(Nc2cc(C(=O)NCc3ccc(C)cc3)ccn2)c(OC)c1. The molecule has 144 valence electrons. The van der Waals surface area contributed by atoms with Gasteiger partial charge in [-0.15, -0.1) is 0 Å². The van der Waals surface area contributed by atoms with E-state index in [1.54, 1.807) is 38.6 Å². The Bertz CT molecular complexity index is 955. The van der Waals surface area contributed by atoms with Crippen LogP contribution in [0.1, 0.15) is 21.5 Å². The predicted octanol–water partition coefficient (Wildman–Crippen LogP) is 4.08. The highest BCUT2D eigenvalue weighted by atomic mass is 16.5. The van der Waals surface area contributed by atoms with Crippen molar-refractivity contribution in [2.24, 2.45) is 0 Å². The number of aryl methyl sites for hydroxylation is 1. The molecule has 0 aliphatic heterocycles. The minimum atomic E-state index is -0.160. The number of benzene rings is 2. The average Bonchev–Trinajstić information content (AvgIpc) is 2.73. The lowest BCUT2D eigenvalue weighted by Crippen LogP contribution is -2.22. The normalized spacial score (nSPS) is 10.2. The lowest BCUT2D eigenvalue weighted by molar-refractivity contribution is 0.0951. The lowest BCUT2D eigenvalue weighted by atomic mass is 10.1. The topological polar surface area (TPSA) is 72.5 Å². The maximum atomic E-state index is 12.5. The van der Waals surface area contributed by atoms with Gasteiger partial charge in [0.2, 0.25) is 0 Å². The summed E-state index contributed by atoms with van der Waals surface area (Å²) in [4.78, 5) is 16.8. The second-order valence-electron chi connectivity index (χ2n) is 6.29. The van der Waals surface area contributed by atoms with Gasteiger partial charge in [-0.05, 0) is 36.8 Å². The first-order chi connectivity index (χ1) is 13.6. The molecule has 0 bridgehead atoms. The average molecular weight is 377 g/mol. The number of anilines is 2. The fraction of sp³-hybridized carbons (Fsp3) is 0.182. The van der Waals surface area contributed by atoms with Gasteiger partial charge in [-0.2, -0.15) is 0 Å². The van der Waals surface area contributed by atoms with Gasteiger partial charge in [0.05, 0.1) is 19.9 Å². The number of hydrogen-bond donors (Lipinski definition) is 2. The van der Waals surface area contributed by atoms with Crippen molar-refractivity contribution in [3.8, 4) is 11.5 Å². The lowest BCUT2D eigenvalue weighted by Gasteiger charge is -2.12. The number of methoxy groups -OCH3 is 2. The van der Waals surface area contributed by atoms with Crippen LogP contribution in [0.15, 0.2) is 60.8 Å². The van der Waals surface area contributed by atoms with Crippen LogP contribution in [-0.2, 0) is 6.54 Å². The van der Waals surface area contributed by atoms with Gasteiger partial charge >= 0.3 is 0 Å². The Labute approximate surface area is 164 Å². The van der Waals surface area contributed by atoms with Gasteiger partial charge in [-0.25, -0.2) is 4.98 Å². The van der Waals surface area contributed by atoms with Gasteiger partial charge < -0.3 is 20.1 Å². The van der Waals surface area contributed by atoms with Crippen molar-refractivity contribution in [3.63, 3.8) is 0 Å². The van der Waals surface area contributed by atoms with Crippen LogP contribution < -0.4 is 20.1 Å². The first-order valence-electron chi connectivity index (χ1n) is 8.88. The number of nitrogens with zero attached hydrogens (tertiary/aromatic N) is 1. The van der Waals surface area contributed by atoms with Crippen molar-refractivity contribution < 1.29 is 14.3 Å². The zero-order valence-corrected chi connectivity index (χ0v) is 16.2. The second-order valence-corrected chi connectivity index (χ2v) is 6.29. The molecule has 3 aromatic rings. The van der Waals surface area contributed by atoms with E-state index in [0.29, 0.717) is 29.4 Å². The zero-order chi connectivity index (χ0) is 19.9. The molecule has 0 unspecified atom stereocenters. The van der Waals surface area contributed by atoms with Gasteiger partial charge in [0.15, 0.2) is 0 Å². The number of carbonyl (C=O) groups excluding carboxylic acids is 1. The Balaban J connectivity index is 1.69. The third-order valence-corrected chi connectivity index (χ3v) is 4.27. The Morgan fingerprint density at radius 3 is 2.50 bits per heavy atom. The number of rotatable bonds is 7. The van der Waals surface area contributed by atoms with Crippen LogP contribution in [0.4, 0.5) is 11.5 Å². The molecule has 0 spiro atoms. The Morgan fingerprint density at radius 2 is 1.79 bits per heavy atom. The van der Waals surface area contributed by atoms with Gasteiger partial charge in [0.25, 0.3) is 5.91 Å². The van der Waals surface area contributed by atoms with Crippen LogP contribution in [0.3, 0.4) is 0 Å². The summed E-state index contributed by atoms with van der Waals surface area (Å²) in [6, 6.07) is 16.9. The quantitative estimate of drug-likeness (QED) is 0.649. The Kier molecular flexibility index (Phi) is 6.11. The largest absolute Gasteiger partial charge is 0.497 e. The van der Waals surface area contributed by atoms with E-state index in [2.05, 4.69) is 15.6 Å². The second kappa shape index (κ2) is 8.90. The number of ether oxygens (including phenoxy) is 2. The number of aromatic nitrogens is 1. The molecule has 2 aromatic carbocycles. The van der Waals surface area contributed by atoms with Crippen LogP contribution in [0.25, 0.3) is 0 Å². The van der Waals surface area contributed by atoms with Crippen LogP contribution >= 0.6 is 0 Å². The number of hydrogen-bond acceptors (Lipinski definition) is 5. The molecule has 28 heavy (non-hydrogen) atoms. The molecule has 0 fully saturated rings. The molecule has 6 heteroatoms. The molecule has 0 atom stereocenters. The molecule has 0 saturated carbocycles. The predicted molar refractivity (Wildman–Crippen MR) is 109 cm³/mol. The summed E-state index contributed by atoms with van der Waals surface area (Å²) >= 11 is 0. The van der Waals surface area contributed by atoms with E-state index >= 15 is 0 Å². The third-order valence-electron chi connectivity index (χ3n) is 4.27. The number of amides is 1. The number of nitrogens with one attached hydrogen (secondary N) is 2. The fourth-order valence-electron chi connectivity index (χ4n) is 2.67. The summed E-state index contributed by atoms with van der Waals surface area (Å²) in [6.45, 7) is 2.50. The van der Waals surface area contributed by atoms with E-state index in [1.807, 2.05) is 43.3 Å². The molecule has 2 N–H and O–H groups in total. The standard InChI is InChI=1S/C22H23N3O3/c1-15-4-6-16(7-5-15)14-24-22(26)17-10-11-23-21(12-17)25-19-9-8-18(27-2)13-20(19)28-3/h4-13H,14H2,1-3H3,(H,23,25)(H,24,26). The maximum Gasteiger partial charge on any atom is 0.251 e. The summed E-state index contributed by atoms with van der Waals surface area (Å²) in [5, 5.41) is 6.11. The summed E-state index contributed by atoms with van der Waals surface area (Å²) in [5.74, 6) is 1.70. The van der Waals surface area contributed by atoms with Crippen molar-refractivity contribution in [1.82, 2.24) is 10.3 Å². The monoisotopic (exact) mass is 377 g/mol. The summed E-state index contributed by atoms with van der Waals surface area (Å²) in [6.07, 6.45) is 1.60. The molecule has 0 radical (unpaired) electrons. The van der Waals surface area contributed by atoms with Crippen molar-refractivity contribution in [2.45, 2.75) is 13.5 Å². The van der Waals surface area contributed by atoms with E-state index < -0.39 is 0 Å². The Hall–Kier alpha value is -3.54.